The van der Waals surface area contributed by atoms with Crippen LogP contribution in [0.4, 0.5) is 0 Å². The van der Waals surface area contributed by atoms with Crippen LogP contribution in [0, 0.1) is 29.6 Å². The van der Waals surface area contributed by atoms with E-state index in [2.05, 4.69) is 36.9 Å². The molecule has 166 valence electrons. The number of methoxy groups -OCH3 is 1. The SMILES string of the molecule is C=CC[C@H]1CC[C@H]([C@H]2CC[C@H]([C@H]3CC[C@H](c4ccc(COC)cc4)CC3)CC2)CC1. The maximum Gasteiger partial charge on any atom is 0.0713 e. The first-order valence-electron chi connectivity index (χ1n) is 13.0. The molecule has 0 saturated heterocycles. The van der Waals surface area contributed by atoms with E-state index in [1.54, 1.807) is 12.7 Å². The molecule has 1 aromatic rings. The van der Waals surface area contributed by atoms with Crippen LogP contribution in [0.25, 0.3) is 0 Å². The number of benzene rings is 1. The van der Waals surface area contributed by atoms with E-state index in [9.17, 15) is 0 Å². The van der Waals surface area contributed by atoms with Gasteiger partial charge in [-0.05, 0) is 130 Å². The quantitative estimate of drug-likeness (QED) is 0.412. The second-order valence-corrected chi connectivity index (χ2v) is 10.8. The maximum atomic E-state index is 5.25. The first kappa shape index (κ1) is 22.1. The highest BCUT2D eigenvalue weighted by Crippen LogP contribution is 2.47. The Hall–Kier alpha value is -1.08. The van der Waals surface area contributed by atoms with Crippen LogP contribution in [-0.2, 0) is 11.3 Å². The molecule has 0 unspecified atom stereocenters. The van der Waals surface area contributed by atoms with Crippen molar-refractivity contribution < 1.29 is 4.74 Å². The normalized spacial score (nSPS) is 35.1. The van der Waals surface area contributed by atoms with Crippen molar-refractivity contribution in [1.29, 1.82) is 0 Å². The predicted molar refractivity (Wildman–Crippen MR) is 128 cm³/mol. The predicted octanol–water partition coefficient (Wildman–Crippen LogP) is 8.30. The molecule has 0 atom stereocenters. The summed E-state index contributed by atoms with van der Waals surface area (Å²) in [6.45, 7) is 4.67. The molecular weight excluding hydrogens is 364 g/mol. The zero-order chi connectivity index (χ0) is 20.8. The van der Waals surface area contributed by atoms with Crippen molar-refractivity contribution in [2.24, 2.45) is 29.6 Å². The largest absolute Gasteiger partial charge is 0.380 e. The van der Waals surface area contributed by atoms with Crippen LogP contribution < -0.4 is 0 Å². The summed E-state index contributed by atoms with van der Waals surface area (Å²) < 4.78 is 5.25. The summed E-state index contributed by atoms with van der Waals surface area (Å²) in [6.07, 6.45) is 21.2. The molecule has 1 nitrogen and oxygen atoms in total. The smallest absolute Gasteiger partial charge is 0.0713 e. The third-order valence-electron chi connectivity index (χ3n) is 9.08. The lowest BCUT2D eigenvalue weighted by molar-refractivity contribution is 0.110. The molecule has 3 aliphatic carbocycles. The summed E-state index contributed by atoms with van der Waals surface area (Å²) in [5.74, 6) is 5.87. The number of allylic oxidation sites excluding steroid dienone is 1. The molecule has 0 heterocycles. The lowest BCUT2D eigenvalue weighted by atomic mass is 9.64. The highest BCUT2D eigenvalue weighted by atomic mass is 16.5. The van der Waals surface area contributed by atoms with Gasteiger partial charge in [0.25, 0.3) is 0 Å². The zero-order valence-corrected chi connectivity index (χ0v) is 19.4. The van der Waals surface area contributed by atoms with E-state index in [4.69, 9.17) is 4.74 Å². The van der Waals surface area contributed by atoms with Crippen LogP contribution in [0.1, 0.15) is 101 Å². The van der Waals surface area contributed by atoms with Crippen LogP contribution >= 0.6 is 0 Å². The van der Waals surface area contributed by atoms with Gasteiger partial charge in [0.05, 0.1) is 6.61 Å². The molecule has 3 fully saturated rings. The van der Waals surface area contributed by atoms with Crippen molar-refractivity contribution >= 4 is 0 Å². The molecule has 1 heteroatoms. The third kappa shape index (κ3) is 5.58. The van der Waals surface area contributed by atoms with Crippen molar-refractivity contribution in [3.8, 4) is 0 Å². The number of ether oxygens (including phenoxy) is 1. The van der Waals surface area contributed by atoms with Crippen molar-refractivity contribution in [2.45, 2.75) is 96.0 Å². The van der Waals surface area contributed by atoms with Crippen LogP contribution in [-0.4, -0.2) is 7.11 Å². The van der Waals surface area contributed by atoms with Gasteiger partial charge in [-0.1, -0.05) is 30.3 Å². The summed E-state index contributed by atoms with van der Waals surface area (Å²) in [5.41, 5.74) is 2.85. The lowest BCUT2D eigenvalue weighted by Gasteiger charge is -2.41. The Labute approximate surface area is 185 Å². The molecule has 4 rings (SSSR count). The summed E-state index contributed by atoms with van der Waals surface area (Å²) in [6, 6.07) is 9.23. The zero-order valence-electron chi connectivity index (χ0n) is 19.4. The molecule has 0 radical (unpaired) electrons. The van der Waals surface area contributed by atoms with Gasteiger partial charge in [0.1, 0.15) is 0 Å². The van der Waals surface area contributed by atoms with Crippen molar-refractivity contribution in [3.05, 3.63) is 48.0 Å². The van der Waals surface area contributed by atoms with Gasteiger partial charge in [-0.15, -0.1) is 6.58 Å². The van der Waals surface area contributed by atoms with Gasteiger partial charge in [0, 0.05) is 7.11 Å². The number of hydrogen-bond donors (Lipinski definition) is 0. The second kappa shape index (κ2) is 11.0. The van der Waals surface area contributed by atoms with Crippen LogP contribution in [0.2, 0.25) is 0 Å². The number of rotatable bonds is 7. The molecule has 0 amide bonds. The topological polar surface area (TPSA) is 9.23 Å². The minimum absolute atomic E-state index is 0.728. The van der Waals surface area contributed by atoms with E-state index in [1.165, 1.54) is 89.0 Å². The maximum absolute atomic E-state index is 5.25. The monoisotopic (exact) mass is 408 g/mol. The summed E-state index contributed by atoms with van der Waals surface area (Å²) >= 11 is 0. The average molecular weight is 409 g/mol. The van der Waals surface area contributed by atoms with Crippen molar-refractivity contribution in [3.63, 3.8) is 0 Å². The fraction of sp³-hybridized carbons (Fsp3) is 0.724. The Bertz CT molecular complexity index is 623. The van der Waals surface area contributed by atoms with Crippen LogP contribution in [0.15, 0.2) is 36.9 Å². The van der Waals surface area contributed by atoms with E-state index in [0.717, 1.165) is 42.1 Å². The minimum Gasteiger partial charge on any atom is -0.380 e. The molecule has 1 aromatic carbocycles. The fourth-order valence-electron chi connectivity index (χ4n) is 7.20. The first-order valence-corrected chi connectivity index (χ1v) is 13.0. The van der Waals surface area contributed by atoms with Gasteiger partial charge < -0.3 is 4.74 Å². The van der Waals surface area contributed by atoms with Crippen molar-refractivity contribution in [2.75, 3.05) is 7.11 Å². The highest BCUT2D eigenvalue weighted by molar-refractivity contribution is 5.25. The lowest BCUT2D eigenvalue weighted by Crippen LogP contribution is -2.29. The molecule has 0 aromatic heterocycles. The van der Waals surface area contributed by atoms with Gasteiger partial charge >= 0.3 is 0 Å². The molecule has 0 bridgehead atoms. The van der Waals surface area contributed by atoms with Gasteiger partial charge in [-0.3, -0.25) is 0 Å². The highest BCUT2D eigenvalue weighted by Gasteiger charge is 2.34. The molecule has 0 aliphatic heterocycles. The standard InChI is InChI=1S/C29H44O/c1-3-4-22-5-9-24(10-6-22)26-13-17-28(18-14-26)29-19-15-27(16-20-29)25-11-7-23(8-12-25)21-30-2/h3,7-8,11-12,22,24,26-29H,1,4-6,9-10,13-21H2,2H3/t22-,24-,26-,27-,28-,29-. The van der Waals surface area contributed by atoms with Gasteiger partial charge in [-0.25, -0.2) is 0 Å². The molecule has 3 aliphatic rings. The summed E-state index contributed by atoms with van der Waals surface area (Å²) in [4.78, 5) is 0. The molecule has 0 spiro atoms. The Kier molecular flexibility index (Phi) is 8.10. The molecule has 30 heavy (non-hydrogen) atoms. The van der Waals surface area contributed by atoms with E-state index >= 15 is 0 Å². The minimum atomic E-state index is 0.728. The van der Waals surface area contributed by atoms with Crippen molar-refractivity contribution in [1.82, 2.24) is 0 Å². The fourth-order valence-corrected chi connectivity index (χ4v) is 7.20. The third-order valence-corrected chi connectivity index (χ3v) is 9.08. The van der Waals surface area contributed by atoms with Gasteiger partial charge in [0.2, 0.25) is 0 Å². The summed E-state index contributed by atoms with van der Waals surface area (Å²) in [7, 11) is 1.78. The van der Waals surface area contributed by atoms with E-state index in [0.29, 0.717) is 0 Å². The van der Waals surface area contributed by atoms with Crippen LogP contribution in [0.5, 0.6) is 0 Å². The van der Waals surface area contributed by atoms with E-state index in [-0.39, 0.29) is 0 Å². The van der Waals surface area contributed by atoms with Gasteiger partial charge in [-0.2, -0.15) is 0 Å². The molecule has 3 saturated carbocycles. The Morgan fingerprint density at radius 3 is 1.67 bits per heavy atom. The second-order valence-electron chi connectivity index (χ2n) is 10.8. The Morgan fingerprint density at radius 1 is 0.733 bits per heavy atom. The Morgan fingerprint density at radius 2 is 1.20 bits per heavy atom. The molecule has 0 N–H and O–H groups in total. The number of hydrogen-bond acceptors (Lipinski definition) is 1. The first-order chi connectivity index (χ1) is 14.8. The average Bonchev–Trinajstić information content (AvgIpc) is 2.81. The van der Waals surface area contributed by atoms with Gasteiger partial charge in [0.15, 0.2) is 0 Å². The van der Waals surface area contributed by atoms with E-state index in [1.807, 2.05) is 0 Å². The summed E-state index contributed by atoms with van der Waals surface area (Å²) in [5, 5.41) is 0. The van der Waals surface area contributed by atoms with Crippen LogP contribution in [0.3, 0.4) is 0 Å². The molecular formula is C29H44O. The van der Waals surface area contributed by atoms with E-state index < -0.39 is 0 Å². The Balaban J connectivity index is 1.19.